The molecule has 122 valence electrons. The van der Waals surface area contributed by atoms with Gasteiger partial charge in [-0.05, 0) is 49.7 Å². The lowest BCUT2D eigenvalue weighted by atomic mass is 10.0. The van der Waals surface area contributed by atoms with Crippen molar-refractivity contribution in [2.75, 3.05) is 5.32 Å². The zero-order valence-electron chi connectivity index (χ0n) is 13.9. The molecule has 0 unspecified atom stereocenters. The van der Waals surface area contributed by atoms with E-state index in [1.807, 2.05) is 32.0 Å². The van der Waals surface area contributed by atoms with Gasteiger partial charge in [-0.3, -0.25) is 4.79 Å². The summed E-state index contributed by atoms with van der Waals surface area (Å²) in [6.07, 6.45) is 0. The molecule has 3 rings (SSSR count). The summed E-state index contributed by atoms with van der Waals surface area (Å²) in [7, 11) is 0. The van der Waals surface area contributed by atoms with Gasteiger partial charge < -0.3 is 5.32 Å². The lowest BCUT2D eigenvalue weighted by molar-refractivity contribution is 0.103. The Balaban J connectivity index is 1.91. The minimum absolute atomic E-state index is 0.133. The Bertz CT molecular complexity index is 972. The van der Waals surface area contributed by atoms with E-state index in [-0.39, 0.29) is 5.78 Å². The Labute approximate surface area is 146 Å². The van der Waals surface area contributed by atoms with Crippen molar-refractivity contribution in [2.45, 2.75) is 13.8 Å². The molecule has 0 bridgehead atoms. The van der Waals surface area contributed by atoms with Crippen LogP contribution in [0.25, 0.3) is 0 Å². The molecule has 1 heterocycles. The summed E-state index contributed by atoms with van der Waals surface area (Å²) in [6, 6.07) is 18.1. The molecule has 0 fully saturated rings. The van der Waals surface area contributed by atoms with Crippen LogP contribution in [0.2, 0.25) is 0 Å². The van der Waals surface area contributed by atoms with Gasteiger partial charge in [0.05, 0.1) is 11.6 Å². The number of hydrogen-bond donors (Lipinski definition) is 1. The van der Waals surface area contributed by atoms with Crippen LogP contribution in [0, 0.1) is 25.2 Å². The minimum Gasteiger partial charge on any atom is -0.324 e. The van der Waals surface area contributed by atoms with E-state index in [1.54, 1.807) is 36.4 Å². The van der Waals surface area contributed by atoms with Crippen molar-refractivity contribution in [3.8, 4) is 6.07 Å². The summed E-state index contributed by atoms with van der Waals surface area (Å²) < 4.78 is 0. The average Bonchev–Trinajstić information content (AvgIpc) is 2.62. The molecule has 0 saturated heterocycles. The molecule has 0 radical (unpaired) electrons. The molecule has 2 aromatic carbocycles. The molecule has 0 saturated carbocycles. The topological polar surface area (TPSA) is 78.7 Å². The zero-order chi connectivity index (χ0) is 17.8. The van der Waals surface area contributed by atoms with E-state index in [4.69, 9.17) is 5.26 Å². The van der Waals surface area contributed by atoms with Gasteiger partial charge in [-0.25, -0.2) is 9.97 Å². The fourth-order valence-electron chi connectivity index (χ4n) is 2.46. The Morgan fingerprint density at radius 1 is 1.04 bits per heavy atom. The van der Waals surface area contributed by atoms with Gasteiger partial charge in [0.25, 0.3) is 0 Å². The van der Waals surface area contributed by atoms with E-state index in [2.05, 4.69) is 21.4 Å². The predicted molar refractivity (Wildman–Crippen MR) is 95.8 cm³/mol. The highest BCUT2D eigenvalue weighted by molar-refractivity contribution is 6.08. The normalized spacial score (nSPS) is 10.1. The second-order valence-corrected chi connectivity index (χ2v) is 5.68. The van der Waals surface area contributed by atoms with Gasteiger partial charge in [-0.2, -0.15) is 5.26 Å². The SMILES string of the molecule is Cc1cc(C(=O)c2ccccc2C)nc(Nc2ccc(C#N)cc2)n1. The number of rotatable bonds is 4. The number of nitrogens with one attached hydrogen (secondary N) is 1. The molecular weight excluding hydrogens is 312 g/mol. The van der Waals surface area contributed by atoms with E-state index in [0.29, 0.717) is 28.5 Å². The largest absolute Gasteiger partial charge is 0.324 e. The predicted octanol–water partition coefficient (Wildman–Crippen LogP) is 3.94. The Kier molecular flexibility index (Phi) is 4.53. The van der Waals surface area contributed by atoms with Crippen molar-refractivity contribution in [3.63, 3.8) is 0 Å². The number of benzene rings is 2. The quantitative estimate of drug-likeness (QED) is 0.734. The third-order valence-electron chi connectivity index (χ3n) is 3.75. The molecule has 3 aromatic rings. The fourth-order valence-corrected chi connectivity index (χ4v) is 2.46. The standard InChI is InChI=1S/C20H16N4O/c1-13-5-3-4-6-17(13)19(25)18-11-14(2)22-20(24-18)23-16-9-7-15(12-21)8-10-16/h3-11H,1-2H3,(H,22,23,24). The molecule has 1 N–H and O–H groups in total. The summed E-state index contributed by atoms with van der Waals surface area (Å²) >= 11 is 0. The first-order valence-corrected chi connectivity index (χ1v) is 7.80. The van der Waals surface area contributed by atoms with E-state index in [1.165, 1.54) is 0 Å². The van der Waals surface area contributed by atoms with Gasteiger partial charge in [-0.15, -0.1) is 0 Å². The smallest absolute Gasteiger partial charge is 0.228 e. The van der Waals surface area contributed by atoms with Crippen molar-refractivity contribution in [2.24, 2.45) is 0 Å². The van der Waals surface area contributed by atoms with E-state index in [0.717, 1.165) is 11.3 Å². The molecule has 5 nitrogen and oxygen atoms in total. The number of hydrogen-bond acceptors (Lipinski definition) is 5. The Morgan fingerprint density at radius 3 is 2.44 bits per heavy atom. The summed E-state index contributed by atoms with van der Waals surface area (Å²) in [6.45, 7) is 3.72. The molecule has 0 atom stereocenters. The molecule has 0 spiro atoms. The molecule has 25 heavy (non-hydrogen) atoms. The van der Waals surface area contributed by atoms with E-state index < -0.39 is 0 Å². The molecule has 0 aliphatic carbocycles. The third kappa shape index (κ3) is 3.70. The fraction of sp³-hybridized carbons (Fsp3) is 0.100. The van der Waals surface area contributed by atoms with Crippen LogP contribution in [0.5, 0.6) is 0 Å². The second kappa shape index (κ2) is 6.93. The van der Waals surface area contributed by atoms with Crippen LogP contribution in [0.4, 0.5) is 11.6 Å². The molecule has 1 aromatic heterocycles. The Hall–Kier alpha value is -3.52. The number of nitriles is 1. The highest BCUT2D eigenvalue weighted by Gasteiger charge is 2.15. The lowest BCUT2D eigenvalue weighted by Crippen LogP contribution is -2.09. The number of carbonyl (C=O) groups excluding carboxylic acids is 1. The zero-order valence-corrected chi connectivity index (χ0v) is 13.9. The van der Waals surface area contributed by atoms with Crippen molar-refractivity contribution in [3.05, 3.63) is 82.7 Å². The highest BCUT2D eigenvalue weighted by Crippen LogP contribution is 2.17. The maximum atomic E-state index is 12.8. The number of nitrogens with zero attached hydrogens (tertiary/aromatic N) is 3. The lowest BCUT2D eigenvalue weighted by Gasteiger charge is -2.09. The van der Waals surface area contributed by atoms with Crippen molar-refractivity contribution in [1.82, 2.24) is 9.97 Å². The first kappa shape index (κ1) is 16.3. The number of anilines is 2. The van der Waals surface area contributed by atoms with Crippen LogP contribution in [0.15, 0.2) is 54.6 Å². The molecule has 5 heteroatoms. The average molecular weight is 328 g/mol. The molecule has 0 aliphatic rings. The number of aryl methyl sites for hydroxylation is 2. The Morgan fingerprint density at radius 2 is 1.76 bits per heavy atom. The van der Waals surface area contributed by atoms with Crippen molar-refractivity contribution in [1.29, 1.82) is 5.26 Å². The van der Waals surface area contributed by atoms with E-state index in [9.17, 15) is 4.79 Å². The number of carbonyl (C=O) groups is 1. The van der Waals surface area contributed by atoms with Gasteiger partial charge in [-0.1, -0.05) is 24.3 Å². The van der Waals surface area contributed by atoms with Crippen molar-refractivity contribution < 1.29 is 4.79 Å². The van der Waals surface area contributed by atoms with Crippen LogP contribution in [0.1, 0.15) is 32.9 Å². The first-order valence-electron chi connectivity index (χ1n) is 7.80. The van der Waals surface area contributed by atoms with Crippen LogP contribution in [0.3, 0.4) is 0 Å². The van der Waals surface area contributed by atoms with Gasteiger partial charge in [0, 0.05) is 16.9 Å². The maximum absolute atomic E-state index is 12.8. The number of aromatic nitrogens is 2. The molecular formula is C20H16N4O. The third-order valence-corrected chi connectivity index (χ3v) is 3.75. The van der Waals surface area contributed by atoms with Crippen LogP contribution in [-0.4, -0.2) is 15.8 Å². The van der Waals surface area contributed by atoms with Crippen molar-refractivity contribution >= 4 is 17.4 Å². The van der Waals surface area contributed by atoms with E-state index >= 15 is 0 Å². The summed E-state index contributed by atoms with van der Waals surface area (Å²) in [4.78, 5) is 21.4. The van der Waals surface area contributed by atoms with Gasteiger partial charge in [0.1, 0.15) is 5.69 Å². The first-order chi connectivity index (χ1) is 12.1. The van der Waals surface area contributed by atoms with Crippen LogP contribution >= 0.6 is 0 Å². The second-order valence-electron chi connectivity index (χ2n) is 5.68. The molecule has 0 amide bonds. The summed E-state index contributed by atoms with van der Waals surface area (Å²) in [5.74, 6) is 0.216. The summed E-state index contributed by atoms with van der Waals surface area (Å²) in [5, 5.41) is 11.9. The monoisotopic (exact) mass is 328 g/mol. The maximum Gasteiger partial charge on any atom is 0.228 e. The van der Waals surface area contributed by atoms with Gasteiger partial charge in [0.15, 0.2) is 0 Å². The number of ketones is 1. The highest BCUT2D eigenvalue weighted by atomic mass is 16.1. The summed E-state index contributed by atoms with van der Waals surface area (Å²) in [5.41, 5.74) is 3.90. The molecule has 0 aliphatic heterocycles. The minimum atomic E-state index is -0.133. The van der Waals surface area contributed by atoms with Crippen LogP contribution < -0.4 is 5.32 Å². The van der Waals surface area contributed by atoms with Crippen LogP contribution in [-0.2, 0) is 0 Å². The van der Waals surface area contributed by atoms with Gasteiger partial charge >= 0.3 is 0 Å². The van der Waals surface area contributed by atoms with Gasteiger partial charge in [0.2, 0.25) is 11.7 Å².